The van der Waals surface area contributed by atoms with Crippen LogP contribution in [0.2, 0.25) is 18.1 Å². The summed E-state index contributed by atoms with van der Waals surface area (Å²) in [5, 5.41) is 0.105. The highest BCUT2D eigenvalue weighted by molar-refractivity contribution is 6.75. The number of hydrogen-bond donors (Lipinski definition) is 0. The highest BCUT2D eigenvalue weighted by Gasteiger charge is 2.40. The molecule has 0 amide bonds. The second kappa shape index (κ2) is 15.4. The lowest BCUT2D eigenvalue weighted by Gasteiger charge is -2.35. The minimum atomic E-state index is -1.93. The van der Waals surface area contributed by atoms with Gasteiger partial charge in [-0.2, -0.15) is 0 Å². The van der Waals surface area contributed by atoms with Crippen molar-refractivity contribution < 1.29 is 9.22 Å². The Morgan fingerprint density at radius 1 is 0.778 bits per heavy atom. The van der Waals surface area contributed by atoms with Gasteiger partial charge >= 0.3 is 0 Å². The van der Waals surface area contributed by atoms with E-state index in [4.69, 9.17) is 4.43 Å². The largest absolute Gasteiger partial charge is 0.519 e. The Morgan fingerprint density at radius 3 is 1.70 bits per heavy atom. The van der Waals surface area contributed by atoms with Crippen molar-refractivity contribution in [2.75, 3.05) is 0 Å². The van der Waals surface area contributed by atoms with Crippen LogP contribution in [0.4, 0.5) is 0 Å². The van der Waals surface area contributed by atoms with Gasteiger partial charge in [-0.25, -0.2) is 0 Å². The summed E-state index contributed by atoms with van der Waals surface area (Å²) in [4.78, 5) is 12.0. The van der Waals surface area contributed by atoms with Gasteiger partial charge in [-0.05, 0) is 43.8 Å². The molecular formula is C24H48O2Si. The van der Waals surface area contributed by atoms with Crippen LogP contribution in [0.1, 0.15) is 118 Å². The van der Waals surface area contributed by atoms with Gasteiger partial charge < -0.3 is 4.43 Å². The maximum Gasteiger partial charge on any atom is 0.292 e. The fraction of sp³-hybridized carbons (Fsp3) is 0.875. The Hall–Kier alpha value is -0.573. The average molecular weight is 397 g/mol. The first-order valence-electron chi connectivity index (χ1n) is 11.6. The Kier molecular flexibility index (Phi) is 15.0. The molecule has 0 heterocycles. The lowest BCUT2D eigenvalue weighted by Crippen LogP contribution is -2.42. The normalized spacial score (nSPS) is 12.7. The summed E-state index contributed by atoms with van der Waals surface area (Å²) in [5.41, 5.74) is 0. The third-order valence-corrected chi connectivity index (χ3v) is 10.2. The van der Waals surface area contributed by atoms with Crippen molar-refractivity contribution in [3.05, 3.63) is 12.2 Å². The Balaban J connectivity index is 3.43. The molecule has 0 unspecified atom stereocenters. The highest BCUT2D eigenvalue weighted by Crippen LogP contribution is 2.36. The SMILES string of the molecule is CCCC/C=C\CCCCCCCCCCCC(=O)O[Si](C)(C)C(C)(C)C. The standard InChI is InChI=1S/C24H48O2Si/c1-7-8-9-10-11-12-13-14-15-16-17-18-19-20-21-22-23(25)26-27(5,6)24(2,3)4/h10-11H,7-9,12-22H2,1-6H3/b11-10-. The van der Waals surface area contributed by atoms with Crippen LogP contribution in [0.15, 0.2) is 12.2 Å². The van der Waals surface area contributed by atoms with E-state index in [9.17, 15) is 4.79 Å². The van der Waals surface area contributed by atoms with Gasteiger partial charge in [-0.1, -0.05) is 97.6 Å². The molecule has 0 spiro atoms. The van der Waals surface area contributed by atoms with Crippen LogP contribution in [-0.4, -0.2) is 14.3 Å². The molecule has 0 aliphatic rings. The van der Waals surface area contributed by atoms with E-state index in [2.05, 4.69) is 52.9 Å². The summed E-state index contributed by atoms with van der Waals surface area (Å²) in [6, 6.07) is 0. The zero-order valence-electron chi connectivity index (χ0n) is 19.4. The van der Waals surface area contributed by atoms with E-state index in [0.29, 0.717) is 6.42 Å². The van der Waals surface area contributed by atoms with Crippen molar-refractivity contribution in [2.45, 2.75) is 136 Å². The van der Waals surface area contributed by atoms with Gasteiger partial charge in [0.15, 0.2) is 0 Å². The first kappa shape index (κ1) is 26.4. The van der Waals surface area contributed by atoms with E-state index in [0.717, 1.165) is 12.8 Å². The van der Waals surface area contributed by atoms with Crippen LogP contribution in [0.3, 0.4) is 0 Å². The average Bonchev–Trinajstić information content (AvgIpc) is 2.57. The third kappa shape index (κ3) is 15.1. The fourth-order valence-electron chi connectivity index (χ4n) is 2.82. The molecule has 2 nitrogen and oxygen atoms in total. The van der Waals surface area contributed by atoms with Gasteiger partial charge in [-0.15, -0.1) is 0 Å². The third-order valence-electron chi connectivity index (χ3n) is 5.82. The molecule has 0 saturated carbocycles. The number of carbonyl (C=O) groups is 1. The molecule has 0 radical (unpaired) electrons. The monoisotopic (exact) mass is 396 g/mol. The molecule has 0 aromatic carbocycles. The Labute approximate surface area is 171 Å². The number of carbonyl (C=O) groups excluding carboxylic acids is 1. The lowest BCUT2D eigenvalue weighted by molar-refractivity contribution is -0.135. The summed E-state index contributed by atoms with van der Waals surface area (Å²) in [6.07, 6.45) is 22.0. The summed E-state index contributed by atoms with van der Waals surface area (Å²) < 4.78 is 5.82. The zero-order valence-corrected chi connectivity index (χ0v) is 20.4. The van der Waals surface area contributed by atoms with E-state index in [1.54, 1.807) is 0 Å². The zero-order chi connectivity index (χ0) is 20.6. The second-order valence-electron chi connectivity index (χ2n) is 9.57. The van der Waals surface area contributed by atoms with Crippen molar-refractivity contribution >= 4 is 14.3 Å². The van der Waals surface area contributed by atoms with Crippen molar-refractivity contribution in [1.82, 2.24) is 0 Å². The van der Waals surface area contributed by atoms with Gasteiger partial charge in [-0.3, -0.25) is 4.79 Å². The number of rotatable bonds is 16. The van der Waals surface area contributed by atoms with E-state index < -0.39 is 8.32 Å². The smallest absolute Gasteiger partial charge is 0.292 e. The number of unbranched alkanes of at least 4 members (excludes halogenated alkanes) is 11. The summed E-state index contributed by atoms with van der Waals surface area (Å²) in [5.74, 6) is 0.0188. The predicted molar refractivity (Wildman–Crippen MR) is 123 cm³/mol. The molecule has 0 aromatic rings. The van der Waals surface area contributed by atoms with Crippen molar-refractivity contribution in [3.63, 3.8) is 0 Å². The molecule has 3 heteroatoms. The van der Waals surface area contributed by atoms with Crippen LogP contribution >= 0.6 is 0 Å². The van der Waals surface area contributed by atoms with Crippen LogP contribution in [0.25, 0.3) is 0 Å². The lowest BCUT2D eigenvalue weighted by atomic mass is 10.1. The fourth-order valence-corrected chi connectivity index (χ4v) is 3.79. The van der Waals surface area contributed by atoms with Gasteiger partial charge in [0.05, 0.1) is 0 Å². The molecule has 0 bridgehead atoms. The van der Waals surface area contributed by atoms with Crippen molar-refractivity contribution in [2.24, 2.45) is 0 Å². The molecule has 0 N–H and O–H groups in total. The maximum atomic E-state index is 12.0. The van der Waals surface area contributed by atoms with E-state index >= 15 is 0 Å². The molecular weight excluding hydrogens is 348 g/mol. The molecule has 160 valence electrons. The molecule has 0 saturated heterocycles. The summed E-state index contributed by atoms with van der Waals surface area (Å²) in [6.45, 7) is 13.1. The van der Waals surface area contributed by atoms with Crippen molar-refractivity contribution in [3.8, 4) is 0 Å². The minimum absolute atomic E-state index is 0.0188. The van der Waals surface area contributed by atoms with Crippen LogP contribution in [-0.2, 0) is 9.22 Å². The van der Waals surface area contributed by atoms with Gasteiger partial charge in [0.1, 0.15) is 0 Å². The van der Waals surface area contributed by atoms with E-state index in [-0.39, 0.29) is 11.0 Å². The molecule has 0 rings (SSSR count). The second-order valence-corrected chi connectivity index (χ2v) is 14.3. The Bertz CT molecular complexity index is 394. The van der Waals surface area contributed by atoms with Crippen LogP contribution < -0.4 is 0 Å². The maximum absolute atomic E-state index is 12.0. The first-order valence-corrected chi connectivity index (χ1v) is 14.5. The van der Waals surface area contributed by atoms with Crippen molar-refractivity contribution in [1.29, 1.82) is 0 Å². The first-order chi connectivity index (χ1) is 12.7. The highest BCUT2D eigenvalue weighted by atomic mass is 28.4. The molecule has 0 aliphatic heterocycles. The molecule has 27 heavy (non-hydrogen) atoms. The quantitative estimate of drug-likeness (QED) is 0.148. The van der Waals surface area contributed by atoms with Gasteiger partial charge in [0.25, 0.3) is 14.3 Å². The summed E-state index contributed by atoms with van der Waals surface area (Å²) >= 11 is 0. The van der Waals surface area contributed by atoms with Crippen LogP contribution in [0, 0.1) is 0 Å². The summed E-state index contributed by atoms with van der Waals surface area (Å²) in [7, 11) is -1.93. The van der Waals surface area contributed by atoms with E-state index in [1.807, 2.05) is 0 Å². The number of allylic oxidation sites excluding steroid dienone is 2. The molecule has 0 atom stereocenters. The molecule has 0 fully saturated rings. The number of hydrogen-bond acceptors (Lipinski definition) is 2. The Morgan fingerprint density at radius 2 is 1.22 bits per heavy atom. The minimum Gasteiger partial charge on any atom is -0.519 e. The van der Waals surface area contributed by atoms with Gasteiger partial charge in [0.2, 0.25) is 0 Å². The topological polar surface area (TPSA) is 26.3 Å². The van der Waals surface area contributed by atoms with E-state index in [1.165, 1.54) is 70.6 Å². The van der Waals surface area contributed by atoms with Crippen LogP contribution in [0.5, 0.6) is 0 Å². The molecule has 0 aliphatic carbocycles. The molecule has 0 aromatic heterocycles. The predicted octanol–water partition coefficient (Wildman–Crippen LogP) is 8.57. The van der Waals surface area contributed by atoms with Gasteiger partial charge in [0, 0.05) is 6.42 Å².